The fourth-order valence-electron chi connectivity index (χ4n) is 3.74. The Labute approximate surface area is 210 Å². The van der Waals surface area contributed by atoms with Crippen molar-refractivity contribution in [2.24, 2.45) is 0 Å². The molecule has 0 aliphatic carbocycles. The summed E-state index contributed by atoms with van der Waals surface area (Å²) in [4.78, 5) is 15.5. The number of aryl methyl sites for hydroxylation is 1. The van der Waals surface area contributed by atoms with Crippen molar-refractivity contribution in [1.82, 2.24) is 4.90 Å². The molecule has 1 N–H and O–H groups in total. The van der Waals surface area contributed by atoms with E-state index >= 15 is 0 Å². The molecule has 2 aromatic rings. The van der Waals surface area contributed by atoms with Crippen LogP contribution in [0.3, 0.4) is 0 Å². The number of benzene rings is 2. The molecule has 1 heterocycles. The van der Waals surface area contributed by atoms with Crippen molar-refractivity contribution in [3.05, 3.63) is 88.7 Å². The molecule has 2 aromatic carbocycles. The van der Waals surface area contributed by atoms with E-state index in [1.165, 1.54) is 17.8 Å². The third kappa shape index (κ3) is 6.53. The third-order valence-corrected chi connectivity index (χ3v) is 6.84. The minimum atomic E-state index is -0.303. The Morgan fingerprint density at radius 3 is 2.50 bits per heavy atom. The molecule has 0 atom stereocenters. The average Bonchev–Trinajstić information content (AvgIpc) is 3.38. The second-order valence-corrected chi connectivity index (χ2v) is 9.02. The molecule has 4 nitrogen and oxygen atoms in total. The molecule has 0 unspecified atom stereocenters. The van der Waals surface area contributed by atoms with Crippen LogP contribution in [0.4, 0.5) is 4.39 Å². The van der Waals surface area contributed by atoms with E-state index in [2.05, 4.69) is 13.2 Å². The van der Waals surface area contributed by atoms with Crippen LogP contribution in [0.15, 0.2) is 60.5 Å². The minimum Gasteiger partial charge on any atom is -0.494 e. The topological polar surface area (TPSA) is 49.8 Å². The zero-order valence-corrected chi connectivity index (χ0v) is 21.4. The van der Waals surface area contributed by atoms with Crippen LogP contribution in [0, 0.1) is 12.7 Å². The molecule has 182 valence electrons. The Morgan fingerprint density at radius 2 is 1.91 bits per heavy atom. The molecule has 0 saturated carbocycles. The first-order valence-electron chi connectivity index (χ1n) is 10.9. The zero-order valence-electron chi connectivity index (χ0n) is 19.9. The molecule has 1 amide bonds. The van der Waals surface area contributed by atoms with Crippen LogP contribution in [0.1, 0.15) is 39.9 Å². The number of allylic oxidation sites excluding steroid dienone is 4. The van der Waals surface area contributed by atoms with Crippen molar-refractivity contribution in [3.8, 4) is 5.75 Å². The number of thioether (sulfide) groups is 1. The molecule has 0 radical (unpaired) electrons. The highest BCUT2D eigenvalue weighted by molar-refractivity contribution is 7.98. The number of carbonyl (C=O) groups is 1. The normalized spacial score (nSPS) is 13.2. The molecule has 34 heavy (non-hydrogen) atoms. The average molecular weight is 504 g/mol. The van der Waals surface area contributed by atoms with E-state index in [1.807, 2.05) is 24.0 Å². The van der Waals surface area contributed by atoms with Crippen LogP contribution in [-0.4, -0.2) is 43.2 Å². The molecule has 0 spiro atoms. The van der Waals surface area contributed by atoms with Gasteiger partial charge in [-0.05, 0) is 60.7 Å². The number of aliphatic hydroxyl groups is 1. The summed E-state index contributed by atoms with van der Waals surface area (Å²) in [5.41, 5.74) is 3.51. The second-order valence-electron chi connectivity index (χ2n) is 7.60. The van der Waals surface area contributed by atoms with Gasteiger partial charge in [-0.2, -0.15) is 0 Å². The van der Waals surface area contributed by atoms with Crippen LogP contribution in [0.25, 0.3) is 5.57 Å². The lowest BCUT2D eigenvalue weighted by Gasteiger charge is -2.18. The number of aliphatic hydroxyl groups excluding tert-OH is 1. The number of ether oxygens (including phenoxy) is 1. The molecule has 0 bridgehead atoms. The molecule has 7 heteroatoms. The van der Waals surface area contributed by atoms with E-state index in [9.17, 15) is 9.18 Å². The minimum absolute atomic E-state index is 0.0145. The lowest BCUT2D eigenvalue weighted by atomic mass is 9.99. The smallest absolute Gasteiger partial charge is 0.253 e. The predicted molar refractivity (Wildman–Crippen MR) is 140 cm³/mol. The maximum absolute atomic E-state index is 14.6. The van der Waals surface area contributed by atoms with Gasteiger partial charge in [0.2, 0.25) is 0 Å². The summed E-state index contributed by atoms with van der Waals surface area (Å²) in [6.45, 7) is 10.9. The first kappa shape index (κ1) is 27.7. The Balaban J connectivity index is 0.00000199. The summed E-state index contributed by atoms with van der Waals surface area (Å²) in [6.07, 6.45) is 7.00. The Morgan fingerprint density at radius 1 is 1.24 bits per heavy atom. The second kappa shape index (κ2) is 13.4. The maximum Gasteiger partial charge on any atom is 0.253 e. The van der Waals surface area contributed by atoms with E-state index in [0.717, 1.165) is 49.1 Å². The highest BCUT2D eigenvalue weighted by Crippen LogP contribution is 2.39. The Kier molecular flexibility index (Phi) is 10.9. The van der Waals surface area contributed by atoms with E-state index < -0.39 is 0 Å². The third-order valence-electron chi connectivity index (χ3n) is 5.49. The first-order chi connectivity index (χ1) is 16.4. The van der Waals surface area contributed by atoms with Crippen molar-refractivity contribution in [2.45, 2.75) is 30.4 Å². The Bertz CT molecular complexity index is 1080. The predicted octanol–water partition coefficient (Wildman–Crippen LogP) is 6.69. The number of likely N-dealkylation sites (tertiary alicyclic amines) is 1. The van der Waals surface area contributed by atoms with E-state index in [0.29, 0.717) is 33.2 Å². The number of hydrogen-bond donors (Lipinski definition) is 1. The quantitative estimate of drug-likeness (QED) is 0.322. The van der Waals surface area contributed by atoms with Crippen molar-refractivity contribution < 1.29 is 19.0 Å². The van der Waals surface area contributed by atoms with E-state index in [1.54, 1.807) is 31.4 Å². The fourth-order valence-corrected chi connectivity index (χ4v) is 5.25. The van der Waals surface area contributed by atoms with Crippen LogP contribution in [0.2, 0.25) is 5.02 Å². The monoisotopic (exact) mass is 503 g/mol. The highest BCUT2D eigenvalue weighted by Gasteiger charge is 2.22. The number of nitrogens with zero attached hydrogens (tertiary/aromatic N) is 1. The molecule has 0 aromatic heterocycles. The Hall–Kier alpha value is -2.54. The van der Waals surface area contributed by atoms with Gasteiger partial charge in [0.1, 0.15) is 5.82 Å². The van der Waals surface area contributed by atoms with Gasteiger partial charge in [0.05, 0.1) is 17.0 Å². The lowest BCUT2D eigenvalue weighted by molar-refractivity contribution is 0.0792. The SMILES string of the molecule is C=C/C=C(\C=C)c1cc(CSc2cc(C(=O)N3CCCC3)cc(Cl)c2OC)c(C)cc1F.CO. The summed E-state index contributed by atoms with van der Waals surface area (Å²) in [6, 6.07) is 6.87. The van der Waals surface area contributed by atoms with Gasteiger partial charge in [-0.1, -0.05) is 43.0 Å². The molecule has 1 saturated heterocycles. The van der Waals surface area contributed by atoms with Gasteiger partial charge in [0.15, 0.2) is 5.75 Å². The molecule has 1 aliphatic rings. The van der Waals surface area contributed by atoms with Crippen molar-refractivity contribution in [2.75, 3.05) is 27.3 Å². The van der Waals surface area contributed by atoms with Crippen molar-refractivity contribution >= 4 is 34.8 Å². The molecular formula is C27H31ClFNO3S. The summed E-state index contributed by atoms with van der Waals surface area (Å²) in [5.74, 6) is 0.779. The molecule has 3 rings (SSSR count). The van der Waals surface area contributed by atoms with Crippen LogP contribution in [0.5, 0.6) is 5.75 Å². The molecule has 1 aliphatic heterocycles. The number of halogens is 2. The van der Waals surface area contributed by atoms with Gasteiger partial charge in [-0.25, -0.2) is 4.39 Å². The maximum atomic E-state index is 14.6. The summed E-state index contributed by atoms with van der Waals surface area (Å²) < 4.78 is 20.1. The van der Waals surface area contributed by atoms with Gasteiger partial charge in [-0.15, -0.1) is 11.8 Å². The van der Waals surface area contributed by atoms with Gasteiger partial charge >= 0.3 is 0 Å². The summed E-state index contributed by atoms with van der Waals surface area (Å²) in [5, 5.41) is 7.40. The zero-order chi connectivity index (χ0) is 25.3. The van der Waals surface area contributed by atoms with Gasteiger partial charge in [-0.3, -0.25) is 4.79 Å². The van der Waals surface area contributed by atoms with Crippen molar-refractivity contribution in [1.29, 1.82) is 0 Å². The number of amides is 1. The number of hydrogen-bond acceptors (Lipinski definition) is 4. The largest absolute Gasteiger partial charge is 0.494 e. The first-order valence-corrected chi connectivity index (χ1v) is 12.2. The number of rotatable bonds is 8. The van der Waals surface area contributed by atoms with Crippen molar-refractivity contribution in [3.63, 3.8) is 0 Å². The molecular weight excluding hydrogens is 473 g/mol. The molecule has 1 fully saturated rings. The van der Waals surface area contributed by atoms with Gasteiger partial charge in [0.25, 0.3) is 5.91 Å². The fraction of sp³-hybridized carbons (Fsp3) is 0.296. The van der Waals surface area contributed by atoms with E-state index in [4.69, 9.17) is 21.4 Å². The highest BCUT2D eigenvalue weighted by atomic mass is 35.5. The summed E-state index contributed by atoms with van der Waals surface area (Å²) in [7, 11) is 2.56. The lowest BCUT2D eigenvalue weighted by Crippen LogP contribution is -2.27. The van der Waals surface area contributed by atoms with Crippen LogP contribution in [-0.2, 0) is 5.75 Å². The van der Waals surface area contributed by atoms with Crippen LogP contribution < -0.4 is 4.74 Å². The van der Waals surface area contributed by atoms with Crippen LogP contribution >= 0.6 is 23.4 Å². The van der Waals surface area contributed by atoms with Gasteiger partial charge < -0.3 is 14.7 Å². The summed E-state index contributed by atoms with van der Waals surface area (Å²) >= 11 is 7.96. The standard InChI is InChI=1S/C26H27ClFNO2S.CH4O/c1-5-9-18(6-2)21-13-20(17(3)12-23(21)28)16-32-24-15-19(14-22(27)25(24)31-4)26(30)29-10-7-8-11-29;1-2/h5-6,9,12-15H,1-2,7-8,10-11,16H2,3-4H3;2H,1H3/b18-9+;. The number of methoxy groups -OCH3 is 1. The van der Waals surface area contributed by atoms with E-state index in [-0.39, 0.29) is 11.7 Å². The van der Waals surface area contributed by atoms with Gasteiger partial charge in [0, 0.05) is 37.1 Å². The number of carbonyl (C=O) groups excluding carboxylic acids is 1.